The fraction of sp³-hybridized carbons (Fsp3) is 0.375. The first kappa shape index (κ1) is 25.1. The van der Waals surface area contributed by atoms with Gasteiger partial charge in [0.1, 0.15) is 6.10 Å². The Labute approximate surface area is 206 Å². The molecule has 13 heteroatoms. The molecule has 0 aliphatic heterocycles. The molecule has 7 nitrogen and oxygen atoms in total. The number of rotatable bonds is 6. The summed E-state index contributed by atoms with van der Waals surface area (Å²) in [6.07, 6.45) is 2.57. The molecule has 1 aliphatic rings. The minimum Gasteiger partial charge on any atom is -0.743 e. The average Bonchev–Trinajstić information content (AvgIpc) is 2.62. The van der Waals surface area contributed by atoms with Gasteiger partial charge in [-0.15, -0.1) is 0 Å². The minimum atomic E-state index is -5.92. The molecular formula is C16H12F2I3O7S-. The van der Waals surface area contributed by atoms with E-state index in [0.717, 1.165) is 10.7 Å². The van der Waals surface area contributed by atoms with Crippen LogP contribution in [0.1, 0.15) is 23.2 Å². The van der Waals surface area contributed by atoms with Crippen molar-refractivity contribution in [2.45, 2.75) is 24.2 Å². The lowest BCUT2D eigenvalue weighted by Gasteiger charge is -2.24. The molecule has 0 aromatic heterocycles. The summed E-state index contributed by atoms with van der Waals surface area (Å²) in [5.41, 5.74) is 0.415. The molecule has 0 fully saturated rings. The maximum absolute atomic E-state index is 13.1. The number of hydrogen-bond acceptors (Lipinski definition) is 7. The van der Waals surface area contributed by atoms with Crippen LogP contribution in [0.2, 0.25) is 0 Å². The Balaban J connectivity index is 1.96. The zero-order valence-electron chi connectivity index (χ0n) is 14.2. The Morgan fingerprint density at radius 3 is 2.38 bits per heavy atom. The van der Waals surface area contributed by atoms with Crippen molar-refractivity contribution in [3.8, 4) is 0 Å². The molecule has 0 amide bonds. The quantitative estimate of drug-likeness (QED) is 0.143. The number of halogens is 5. The lowest BCUT2D eigenvalue weighted by atomic mass is 9.94. The van der Waals surface area contributed by atoms with Crippen LogP contribution in [0, 0.1) is 16.6 Å². The van der Waals surface area contributed by atoms with Crippen molar-refractivity contribution in [3.05, 3.63) is 40.6 Å². The molecule has 0 bridgehead atoms. The van der Waals surface area contributed by atoms with Crippen LogP contribution < -0.4 is 0 Å². The van der Waals surface area contributed by atoms with Gasteiger partial charge in [0.15, 0.2) is 16.7 Å². The van der Waals surface area contributed by atoms with E-state index in [4.69, 9.17) is 4.74 Å². The van der Waals surface area contributed by atoms with Gasteiger partial charge >= 0.3 is 17.2 Å². The Morgan fingerprint density at radius 1 is 1.17 bits per heavy atom. The lowest BCUT2D eigenvalue weighted by molar-refractivity contribution is -0.153. The van der Waals surface area contributed by atoms with Crippen LogP contribution in [-0.2, 0) is 24.4 Å². The highest BCUT2D eigenvalue weighted by molar-refractivity contribution is 14.1. The minimum absolute atomic E-state index is 0.143. The van der Waals surface area contributed by atoms with Crippen LogP contribution in [0.3, 0.4) is 0 Å². The summed E-state index contributed by atoms with van der Waals surface area (Å²) in [4.78, 5) is 24.3. The van der Waals surface area contributed by atoms with Crippen molar-refractivity contribution in [2.24, 2.45) is 5.92 Å². The van der Waals surface area contributed by atoms with Crippen molar-refractivity contribution < 1.29 is 40.8 Å². The molecule has 29 heavy (non-hydrogen) atoms. The monoisotopic (exact) mass is 767 g/mol. The van der Waals surface area contributed by atoms with Crippen LogP contribution in [0.5, 0.6) is 0 Å². The second-order valence-electron chi connectivity index (χ2n) is 5.96. The van der Waals surface area contributed by atoms with Gasteiger partial charge in [0.2, 0.25) is 0 Å². The standard InChI is InChI=1S/C16H13F2I3O7S/c17-16(18,29(24,25)26)7-27-14(22)8-1-3-10(4-2-8)28-15(23)11-5-9(19)6-12(20)13(11)21/h1,3,5-6,8,10H,2,4,7H2,(H,24,25,26)/p-1. The zero-order valence-corrected chi connectivity index (χ0v) is 21.5. The van der Waals surface area contributed by atoms with Gasteiger partial charge in [0, 0.05) is 10.7 Å². The number of ether oxygens (including phenoxy) is 2. The summed E-state index contributed by atoms with van der Waals surface area (Å²) in [6, 6.07) is 3.61. The van der Waals surface area contributed by atoms with Gasteiger partial charge in [-0.2, -0.15) is 8.78 Å². The Bertz CT molecular complexity index is 950. The summed E-state index contributed by atoms with van der Waals surface area (Å²) in [5, 5.41) is -4.69. The number of esters is 2. The van der Waals surface area contributed by atoms with Crippen molar-refractivity contribution >= 4 is 89.8 Å². The zero-order chi connectivity index (χ0) is 22.0. The van der Waals surface area contributed by atoms with E-state index in [1.807, 2.05) is 28.7 Å². The molecular weight excluding hydrogens is 755 g/mol. The molecule has 0 heterocycles. The maximum Gasteiger partial charge on any atom is 0.367 e. The van der Waals surface area contributed by atoms with Gasteiger partial charge in [-0.25, -0.2) is 13.2 Å². The molecule has 1 aromatic carbocycles. The molecule has 1 aromatic rings. The fourth-order valence-corrected chi connectivity index (χ4v) is 4.91. The Hall–Kier alpha value is -0.140. The van der Waals surface area contributed by atoms with Gasteiger partial charge in [0.05, 0.1) is 11.5 Å². The average molecular weight is 767 g/mol. The molecule has 0 radical (unpaired) electrons. The number of hydrogen-bond donors (Lipinski definition) is 0. The normalized spacial score (nSPS) is 19.7. The van der Waals surface area contributed by atoms with E-state index < -0.39 is 45.9 Å². The Kier molecular flexibility index (Phi) is 8.65. The largest absolute Gasteiger partial charge is 0.743 e. The van der Waals surface area contributed by atoms with E-state index in [2.05, 4.69) is 49.9 Å². The highest BCUT2D eigenvalue weighted by Gasteiger charge is 2.40. The lowest BCUT2D eigenvalue weighted by Crippen LogP contribution is -2.36. The third-order valence-corrected chi connectivity index (χ3v) is 8.36. The summed E-state index contributed by atoms with van der Waals surface area (Å²) in [7, 11) is -5.92. The van der Waals surface area contributed by atoms with E-state index in [9.17, 15) is 31.3 Å². The third kappa shape index (κ3) is 6.67. The van der Waals surface area contributed by atoms with Crippen LogP contribution >= 0.6 is 67.8 Å². The van der Waals surface area contributed by atoms with Crippen molar-refractivity contribution in [1.82, 2.24) is 0 Å². The maximum atomic E-state index is 13.1. The second-order valence-corrected chi connectivity index (χ2v) is 11.0. The molecule has 0 N–H and O–H groups in total. The van der Waals surface area contributed by atoms with Crippen molar-refractivity contribution in [1.29, 1.82) is 0 Å². The first-order valence-electron chi connectivity index (χ1n) is 7.85. The summed E-state index contributed by atoms with van der Waals surface area (Å²) < 4.78 is 69.6. The predicted molar refractivity (Wildman–Crippen MR) is 121 cm³/mol. The molecule has 0 saturated carbocycles. The van der Waals surface area contributed by atoms with Gasteiger partial charge in [-0.3, -0.25) is 4.79 Å². The number of alkyl halides is 2. The van der Waals surface area contributed by atoms with Gasteiger partial charge in [-0.1, -0.05) is 6.08 Å². The topological polar surface area (TPSA) is 110 Å². The molecule has 0 saturated heterocycles. The summed E-state index contributed by atoms with van der Waals surface area (Å²) in [6.45, 7) is -1.84. The van der Waals surface area contributed by atoms with E-state index in [0.29, 0.717) is 5.56 Å². The SMILES string of the molecule is O=C(OC1C=CC(C(=O)OCC(F)(F)S(=O)(=O)[O-])CC1)c1cc(I)cc(I)c1I. The molecule has 2 rings (SSSR count). The molecule has 1 aliphatic carbocycles. The second kappa shape index (κ2) is 9.99. The van der Waals surface area contributed by atoms with Gasteiger partial charge < -0.3 is 14.0 Å². The number of carbonyl (C=O) groups excluding carboxylic acids is 2. The van der Waals surface area contributed by atoms with Crippen LogP contribution in [0.15, 0.2) is 24.3 Å². The number of benzene rings is 1. The summed E-state index contributed by atoms with van der Waals surface area (Å²) >= 11 is 6.25. The summed E-state index contributed by atoms with van der Waals surface area (Å²) in [5.74, 6) is -2.52. The first-order valence-corrected chi connectivity index (χ1v) is 12.5. The number of carbonyl (C=O) groups is 2. The van der Waals surface area contributed by atoms with E-state index in [1.54, 1.807) is 6.07 Å². The van der Waals surface area contributed by atoms with Crippen molar-refractivity contribution in [3.63, 3.8) is 0 Å². The van der Waals surface area contributed by atoms with Crippen molar-refractivity contribution in [2.75, 3.05) is 6.61 Å². The van der Waals surface area contributed by atoms with Crippen LogP contribution in [0.25, 0.3) is 0 Å². The Morgan fingerprint density at radius 2 is 1.83 bits per heavy atom. The molecule has 2 atom stereocenters. The highest BCUT2D eigenvalue weighted by atomic mass is 127. The van der Waals surface area contributed by atoms with E-state index >= 15 is 0 Å². The van der Waals surface area contributed by atoms with Gasteiger partial charge in [-0.05, 0) is 98.8 Å². The highest BCUT2D eigenvalue weighted by Crippen LogP contribution is 2.27. The molecule has 160 valence electrons. The van der Waals surface area contributed by atoms with Crippen LogP contribution in [-0.4, -0.2) is 42.9 Å². The van der Waals surface area contributed by atoms with E-state index in [1.165, 1.54) is 12.2 Å². The van der Waals surface area contributed by atoms with Gasteiger partial charge in [0.25, 0.3) is 0 Å². The predicted octanol–water partition coefficient (Wildman–Crippen LogP) is 3.67. The van der Waals surface area contributed by atoms with E-state index in [-0.39, 0.29) is 12.8 Å². The van der Waals surface area contributed by atoms with Crippen LogP contribution in [0.4, 0.5) is 8.78 Å². The third-order valence-electron chi connectivity index (χ3n) is 3.84. The molecule has 0 spiro atoms. The smallest absolute Gasteiger partial charge is 0.367 e. The first-order chi connectivity index (χ1) is 13.3. The fourth-order valence-electron chi connectivity index (χ4n) is 2.33. The molecule has 2 unspecified atom stereocenters.